The van der Waals surface area contributed by atoms with Crippen molar-refractivity contribution in [1.82, 2.24) is 4.90 Å². The molecule has 0 bridgehead atoms. The van der Waals surface area contributed by atoms with E-state index in [2.05, 4.69) is 0 Å². The van der Waals surface area contributed by atoms with Crippen molar-refractivity contribution in [2.24, 2.45) is 0 Å². The van der Waals surface area contributed by atoms with Crippen molar-refractivity contribution >= 4 is 35.6 Å². The van der Waals surface area contributed by atoms with E-state index in [-0.39, 0.29) is 42.0 Å². The number of hydrogen-bond acceptors (Lipinski definition) is 6. The molecule has 1 heterocycles. The van der Waals surface area contributed by atoms with Gasteiger partial charge in [0.15, 0.2) is 0 Å². The van der Waals surface area contributed by atoms with E-state index < -0.39 is 6.10 Å². The van der Waals surface area contributed by atoms with Crippen LogP contribution in [0.15, 0.2) is 24.3 Å². The van der Waals surface area contributed by atoms with E-state index >= 15 is 0 Å². The maximum Gasteiger partial charge on any atom is 0.258 e. The van der Waals surface area contributed by atoms with Gasteiger partial charge in [-0.3, -0.25) is 4.79 Å². The summed E-state index contributed by atoms with van der Waals surface area (Å²) in [5.74, 6) is 1.12. The summed E-state index contributed by atoms with van der Waals surface area (Å²) in [4.78, 5) is 14.6. The molecule has 1 atom stereocenters. The van der Waals surface area contributed by atoms with Crippen molar-refractivity contribution in [2.75, 3.05) is 33.6 Å². The molecule has 0 saturated heterocycles. The lowest BCUT2D eigenvalue weighted by Crippen LogP contribution is -2.38. The van der Waals surface area contributed by atoms with E-state index in [0.717, 1.165) is 0 Å². The van der Waals surface area contributed by atoms with Crippen LogP contribution in [0.4, 0.5) is 5.69 Å². The highest BCUT2D eigenvalue weighted by Crippen LogP contribution is 2.40. The number of ether oxygens (including phenoxy) is 3. The summed E-state index contributed by atoms with van der Waals surface area (Å²) in [6.45, 7) is 0.345. The molecule has 0 fully saturated rings. The van der Waals surface area contributed by atoms with Gasteiger partial charge in [0.1, 0.15) is 23.4 Å². The third kappa shape index (κ3) is 3.78. The smallest absolute Gasteiger partial charge is 0.258 e. The van der Waals surface area contributed by atoms with Crippen molar-refractivity contribution in [2.45, 2.75) is 12.6 Å². The Hall–Kier alpha value is -2.35. The predicted octanol–water partition coefficient (Wildman–Crippen LogP) is 3.06. The van der Waals surface area contributed by atoms with Gasteiger partial charge >= 0.3 is 0 Å². The number of aliphatic hydroxyl groups excluding tert-OH is 1. The number of rotatable bonds is 4. The molecule has 1 aliphatic rings. The van der Waals surface area contributed by atoms with Crippen LogP contribution in [0.3, 0.4) is 0 Å². The van der Waals surface area contributed by atoms with Gasteiger partial charge in [-0.2, -0.15) is 0 Å². The zero-order valence-corrected chi connectivity index (χ0v) is 17.3. The van der Waals surface area contributed by atoms with Crippen molar-refractivity contribution in [3.63, 3.8) is 0 Å². The largest absolute Gasteiger partial charge is 0.496 e. The van der Waals surface area contributed by atoms with Crippen LogP contribution in [-0.4, -0.2) is 43.8 Å². The third-order valence-corrected chi connectivity index (χ3v) is 4.95. The number of nitrogens with two attached hydrogens (primary N) is 1. The summed E-state index contributed by atoms with van der Waals surface area (Å²) < 4.78 is 16.0. The summed E-state index contributed by atoms with van der Waals surface area (Å²) in [7, 11) is 4.53. The van der Waals surface area contributed by atoms with E-state index in [1.165, 1.54) is 38.4 Å². The molecule has 0 radical (unpaired) electrons. The number of halogens is 2. The zero-order valence-electron chi connectivity index (χ0n) is 15.7. The fraction of sp³-hybridized carbons (Fsp3) is 0.316. The summed E-state index contributed by atoms with van der Waals surface area (Å²) >= 11 is 6.09. The SMILES string of the molecule is COc1cc(N)c(Cl)cc1C(=O)N1Cc2c(OC)ccc(OC)c2C(O)C1.Cl. The highest BCUT2D eigenvalue weighted by Gasteiger charge is 2.33. The number of hydrogen-bond donors (Lipinski definition) is 2. The zero-order chi connectivity index (χ0) is 19.7. The molecule has 3 rings (SSSR count). The minimum absolute atomic E-state index is 0. The molecule has 0 aromatic heterocycles. The number of benzene rings is 2. The second kappa shape index (κ2) is 8.77. The summed E-state index contributed by atoms with van der Waals surface area (Å²) in [6, 6.07) is 6.47. The number of nitrogens with zero attached hydrogens (tertiary/aromatic N) is 1. The van der Waals surface area contributed by atoms with Crippen molar-refractivity contribution in [3.8, 4) is 17.2 Å². The maximum atomic E-state index is 13.1. The van der Waals surface area contributed by atoms with Gasteiger partial charge in [0.25, 0.3) is 5.91 Å². The molecule has 0 saturated carbocycles. The molecule has 1 unspecified atom stereocenters. The van der Waals surface area contributed by atoms with Gasteiger partial charge in [-0.1, -0.05) is 11.6 Å². The Balaban J connectivity index is 0.00000280. The average molecular weight is 429 g/mol. The van der Waals surface area contributed by atoms with Crippen LogP contribution < -0.4 is 19.9 Å². The number of methoxy groups -OCH3 is 3. The van der Waals surface area contributed by atoms with Gasteiger partial charge in [0, 0.05) is 17.2 Å². The van der Waals surface area contributed by atoms with Crippen LogP contribution in [0.25, 0.3) is 0 Å². The number of fused-ring (bicyclic) bond motifs is 1. The Morgan fingerprint density at radius 2 is 1.75 bits per heavy atom. The average Bonchev–Trinajstić information content (AvgIpc) is 2.68. The normalized spacial score (nSPS) is 15.3. The minimum Gasteiger partial charge on any atom is -0.496 e. The lowest BCUT2D eigenvalue weighted by Gasteiger charge is -2.34. The molecule has 28 heavy (non-hydrogen) atoms. The highest BCUT2D eigenvalue weighted by atomic mass is 35.5. The second-order valence-corrected chi connectivity index (χ2v) is 6.54. The van der Waals surface area contributed by atoms with Crippen LogP contribution in [0.5, 0.6) is 17.2 Å². The van der Waals surface area contributed by atoms with E-state index in [0.29, 0.717) is 34.1 Å². The minimum atomic E-state index is -0.919. The first-order valence-corrected chi connectivity index (χ1v) is 8.63. The molecule has 1 aliphatic heterocycles. The molecule has 0 aliphatic carbocycles. The number of carbonyl (C=O) groups excluding carboxylic acids is 1. The number of amides is 1. The first-order valence-electron chi connectivity index (χ1n) is 8.25. The topological polar surface area (TPSA) is 94.3 Å². The molecular weight excluding hydrogens is 407 g/mol. The van der Waals surface area contributed by atoms with E-state index in [4.69, 9.17) is 31.5 Å². The summed E-state index contributed by atoms with van der Waals surface area (Å²) in [5, 5.41) is 10.9. The summed E-state index contributed by atoms with van der Waals surface area (Å²) in [6.07, 6.45) is -0.919. The van der Waals surface area contributed by atoms with Crippen molar-refractivity contribution in [3.05, 3.63) is 46.0 Å². The quantitative estimate of drug-likeness (QED) is 0.726. The Bertz CT molecular complexity index is 891. The molecule has 7 nitrogen and oxygen atoms in total. The van der Waals surface area contributed by atoms with Gasteiger partial charge in [-0.25, -0.2) is 0 Å². The number of anilines is 1. The highest BCUT2D eigenvalue weighted by molar-refractivity contribution is 6.33. The number of carbonyl (C=O) groups is 1. The predicted molar refractivity (Wildman–Crippen MR) is 109 cm³/mol. The number of aliphatic hydroxyl groups is 1. The summed E-state index contributed by atoms with van der Waals surface area (Å²) in [5.41, 5.74) is 7.71. The molecule has 3 N–H and O–H groups in total. The third-order valence-electron chi connectivity index (χ3n) is 4.63. The van der Waals surface area contributed by atoms with E-state index in [1.807, 2.05) is 0 Å². The second-order valence-electron chi connectivity index (χ2n) is 6.14. The molecule has 1 amide bonds. The molecule has 0 spiro atoms. The van der Waals surface area contributed by atoms with Crippen LogP contribution >= 0.6 is 24.0 Å². The van der Waals surface area contributed by atoms with Gasteiger partial charge < -0.3 is 30.0 Å². The first kappa shape index (κ1) is 21.9. The molecule has 2 aromatic carbocycles. The van der Waals surface area contributed by atoms with Crippen LogP contribution in [0.1, 0.15) is 27.6 Å². The Morgan fingerprint density at radius 1 is 1.14 bits per heavy atom. The van der Waals surface area contributed by atoms with E-state index in [9.17, 15) is 9.90 Å². The van der Waals surface area contributed by atoms with Crippen LogP contribution in [0, 0.1) is 0 Å². The molecule has 152 valence electrons. The van der Waals surface area contributed by atoms with Crippen molar-refractivity contribution in [1.29, 1.82) is 0 Å². The fourth-order valence-corrected chi connectivity index (χ4v) is 3.47. The Labute approximate surface area is 174 Å². The Kier molecular flexibility index (Phi) is 6.87. The monoisotopic (exact) mass is 428 g/mol. The Morgan fingerprint density at radius 3 is 2.36 bits per heavy atom. The lowest BCUT2D eigenvalue weighted by molar-refractivity contribution is 0.0535. The van der Waals surface area contributed by atoms with Crippen LogP contribution in [0.2, 0.25) is 5.02 Å². The maximum absolute atomic E-state index is 13.1. The number of β-amino-alcohol motifs (C(OH)–C–C–N with tert-alkyl or cyclic N) is 1. The van der Waals surface area contributed by atoms with Gasteiger partial charge in [-0.15, -0.1) is 12.4 Å². The van der Waals surface area contributed by atoms with Crippen LogP contribution in [-0.2, 0) is 6.54 Å². The fourth-order valence-electron chi connectivity index (χ4n) is 3.31. The van der Waals surface area contributed by atoms with Crippen molar-refractivity contribution < 1.29 is 24.1 Å². The van der Waals surface area contributed by atoms with Gasteiger partial charge in [0.05, 0.1) is 50.7 Å². The standard InChI is InChI=1S/C19H21ClN2O5.ClH/c1-25-15-4-5-16(26-2)18-11(15)8-22(9-14(18)23)19(24)10-6-12(20)13(21)7-17(10)27-3;/h4-7,14,23H,8-9,21H2,1-3H3;1H. The molecule has 9 heteroatoms. The first-order chi connectivity index (χ1) is 12.9. The van der Waals surface area contributed by atoms with Gasteiger partial charge in [-0.05, 0) is 18.2 Å². The molecule has 2 aromatic rings. The lowest BCUT2D eigenvalue weighted by atomic mass is 9.94. The number of nitrogen functional groups attached to an aromatic ring is 1. The molecular formula is C19H22Cl2N2O5. The van der Waals surface area contributed by atoms with E-state index in [1.54, 1.807) is 12.1 Å². The van der Waals surface area contributed by atoms with Gasteiger partial charge in [0.2, 0.25) is 0 Å².